The van der Waals surface area contributed by atoms with E-state index in [1.807, 2.05) is 12.1 Å². The molecule has 30 heavy (non-hydrogen) atoms. The summed E-state index contributed by atoms with van der Waals surface area (Å²) < 4.78 is 67.9. The normalized spacial score (nSPS) is 19.3. The molecule has 2 aromatic carbocycles. The third kappa shape index (κ3) is 6.19. The third-order valence-corrected chi connectivity index (χ3v) is 5.16. The summed E-state index contributed by atoms with van der Waals surface area (Å²) in [5, 5.41) is 0. The number of alkyl halides is 2. The number of rotatable bonds is 9. The fourth-order valence-electron chi connectivity index (χ4n) is 3.49. The van der Waals surface area contributed by atoms with Gasteiger partial charge in [-0.15, -0.1) is 0 Å². The van der Waals surface area contributed by atoms with Crippen molar-refractivity contribution in [2.24, 2.45) is 5.92 Å². The Kier molecular flexibility index (Phi) is 8.10. The van der Waals surface area contributed by atoms with Gasteiger partial charge in [0.15, 0.2) is 23.7 Å². The number of halogens is 4. The number of benzene rings is 2. The van der Waals surface area contributed by atoms with E-state index in [0.717, 1.165) is 50.2 Å². The summed E-state index contributed by atoms with van der Waals surface area (Å²) in [6.45, 7) is 0.332. The summed E-state index contributed by atoms with van der Waals surface area (Å²) in [7, 11) is 0. The zero-order valence-electron chi connectivity index (χ0n) is 16.9. The largest absolute Gasteiger partial charge is 0.429 e. The molecule has 0 radical (unpaired) electrons. The van der Waals surface area contributed by atoms with Gasteiger partial charge in [-0.1, -0.05) is 44.0 Å². The Labute approximate surface area is 173 Å². The Morgan fingerprint density at radius 3 is 2.17 bits per heavy atom. The van der Waals surface area contributed by atoms with Gasteiger partial charge in [0.2, 0.25) is 0 Å². The van der Waals surface area contributed by atoms with E-state index in [1.165, 1.54) is 12.8 Å². The summed E-state index contributed by atoms with van der Waals surface area (Å²) in [6, 6.07) is 9.16. The topological polar surface area (TPSA) is 27.7 Å². The first kappa shape index (κ1) is 22.6. The Morgan fingerprint density at radius 2 is 1.60 bits per heavy atom. The summed E-state index contributed by atoms with van der Waals surface area (Å²) in [5.74, 6) is -2.94. The van der Waals surface area contributed by atoms with Crippen molar-refractivity contribution in [2.45, 2.75) is 51.9 Å². The Bertz CT molecular complexity index is 780. The number of unbranched alkanes of at least 4 members (excludes halogenated alkanes) is 1. The van der Waals surface area contributed by atoms with Crippen LogP contribution in [0.2, 0.25) is 0 Å². The van der Waals surface area contributed by atoms with Gasteiger partial charge in [-0.05, 0) is 41.7 Å². The van der Waals surface area contributed by atoms with Gasteiger partial charge in [0.25, 0.3) is 0 Å². The second-order valence-electron chi connectivity index (χ2n) is 7.49. The van der Waals surface area contributed by atoms with E-state index in [-0.39, 0.29) is 11.9 Å². The molecule has 0 bridgehead atoms. The molecule has 0 atom stereocenters. The van der Waals surface area contributed by atoms with Crippen LogP contribution in [0.3, 0.4) is 0 Å². The maximum absolute atomic E-state index is 13.9. The van der Waals surface area contributed by atoms with E-state index in [1.54, 1.807) is 12.1 Å². The van der Waals surface area contributed by atoms with Gasteiger partial charge in [0.05, 0.1) is 13.2 Å². The Hall–Kier alpha value is -2.12. The molecule has 1 aliphatic rings. The van der Waals surface area contributed by atoms with Crippen molar-refractivity contribution in [1.29, 1.82) is 0 Å². The van der Waals surface area contributed by atoms with E-state index in [4.69, 9.17) is 9.47 Å². The van der Waals surface area contributed by atoms with Gasteiger partial charge in [-0.25, -0.2) is 8.78 Å². The second-order valence-corrected chi connectivity index (χ2v) is 7.49. The molecular formula is C23H26F4O3. The number of aryl methyl sites for hydroxylation is 1. The van der Waals surface area contributed by atoms with Crippen LogP contribution >= 0.6 is 0 Å². The smallest absolute Gasteiger partial charge is 0.387 e. The quantitative estimate of drug-likeness (QED) is 0.438. The van der Waals surface area contributed by atoms with Gasteiger partial charge in [-0.3, -0.25) is 0 Å². The predicted molar refractivity (Wildman–Crippen MR) is 105 cm³/mol. The van der Waals surface area contributed by atoms with Crippen LogP contribution < -0.4 is 4.74 Å². The first-order chi connectivity index (χ1) is 14.5. The first-order valence-corrected chi connectivity index (χ1v) is 10.2. The minimum absolute atomic E-state index is 0.215. The highest BCUT2D eigenvalue weighted by molar-refractivity contribution is 5.65. The lowest BCUT2D eigenvalue weighted by Gasteiger charge is -2.29. The summed E-state index contributed by atoms with van der Waals surface area (Å²) in [4.78, 5) is 0. The monoisotopic (exact) mass is 426 g/mol. The average molecular weight is 426 g/mol. The summed E-state index contributed by atoms with van der Waals surface area (Å²) in [5.41, 5.74) is 1.86. The molecule has 1 heterocycles. The molecular weight excluding hydrogens is 400 g/mol. The van der Waals surface area contributed by atoms with E-state index >= 15 is 0 Å². The predicted octanol–water partition coefficient (Wildman–Crippen LogP) is 6.35. The van der Waals surface area contributed by atoms with Gasteiger partial charge in [0.1, 0.15) is 0 Å². The zero-order valence-corrected chi connectivity index (χ0v) is 16.9. The molecule has 3 nitrogen and oxygen atoms in total. The lowest BCUT2D eigenvalue weighted by molar-refractivity contribution is -0.203. The number of hydrogen-bond donors (Lipinski definition) is 0. The second kappa shape index (κ2) is 10.8. The Balaban J connectivity index is 1.54. The molecule has 0 N–H and O–H groups in total. The zero-order chi connectivity index (χ0) is 21.5. The third-order valence-electron chi connectivity index (χ3n) is 5.16. The molecule has 1 aliphatic heterocycles. The summed E-state index contributed by atoms with van der Waals surface area (Å²) >= 11 is 0. The molecule has 0 aromatic heterocycles. The van der Waals surface area contributed by atoms with Crippen LogP contribution in [-0.2, 0) is 15.9 Å². The summed E-state index contributed by atoms with van der Waals surface area (Å²) in [6.07, 6.45) is 4.74. The van der Waals surface area contributed by atoms with Gasteiger partial charge in [0, 0.05) is 12.3 Å². The number of hydrogen-bond acceptors (Lipinski definition) is 3. The fourth-order valence-corrected chi connectivity index (χ4v) is 3.49. The molecule has 0 unspecified atom stereocenters. The van der Waals surface area contributed by atoms with Crippen molar-refractivity contribution >= 4 is 0 Å². The van der Waals surface area contributed by atoms with Crippen LogP contribution in [0.4, 0.5) is 17.6 Å². The van der Waals surface area contributed by atoms with E-state index in [2.05, 4.69) is 11.7 Å². The molecule has 3 rings (SSSR count). The van der Waals surface area contributed by atoms with Gasteiger partial charge < -0.3 is 14.2 Å². The van der Waals surface area contributed by atoms with Crippen LogP contribution in [0.25, 0.3) is 11.1 Å². The lowest BCUT2D eigenvalue weighted by atomic mass is 10.0. The highest BCUT2D eigenvalue weighted by atomic mass is 19.3. The first-order valence-electron chi connectivity index (χ1n) is 10.2. The fraction of sp³-hybridized carbons (Fsp3) is 0.478. The average Bonchev–Trinajstić information content (AvgIpc) is 2.74. The molecule has 1 saturated heterocycles. The van der Waals surface area contributed by atoms with E-state index in [9.17, 15) is 17.6 Å². The molecule has 0 spiro atoms. The SMILES string of the molecule is CCCCC1COC(CCc2ccc(-c3cc(F)c(OC(F)F)c(F)c3)cc2)OC1. The Morgan fingerprint density at radius 1 is 0.967 bits per heavy atom. The molecule has 164 valence electrons. The molecule has 0 amide bonds. The van der Waals surface area contributed by atoms with E-state index < -0.39 is 24.0 Å². The highest BCUT2D eigenvalue weighted by Gasteiger charge is 2.21. The van der Waals surface area contributed by atoms with Crippen molar-refractivity contribution in [3.05, 3.63) is 53.6 Å². The van der Waals surface area contributed by atoms with Crippen molar-refractivity contribution in [2.75, 3.05) is 13.2 Å². The van der Waals surface area contributed by atoms with E-state index in [0.29, 0.717) is 11.5 Å². The molecule has 7 heteroatoms. The highest BCUT2D eigenvalue weighted by Crippen LogP contribution is 2.30. The minimum Gasteiger partial charge on any atom is -0.429 e. The van der Waals surface area contributed by atoms with Crippen LogP contribution in [0.5, 0.6) is 5.75 Å². The van der Waals surface area contributed by atoms with Crippen LogP contribution in [0.1, 0.15) is 38.2 Å². The maximum Gasteiger partial charge on any atom is 0.387 e. The lowest BCUT2D eigenvalue weighted by Crippen LogP contribution is -2.32. The minimum atomic E-state index is -3.29. The molecule has 2 aromatic rings. The maximum atomic E-state index is 13.9. The molecule has 0 aliphatic carbocycles. The van der Waals surface area contributed by atoms with Crippen LogP contribution in [-0.4, -0.2) is 26.1 Å². The van der Waals surface area contributed by atoms with Crippen LogP contribution in [0.15, 0.2) is 36.4 Å². The van der Waals surface area contributed by atoms with Gasteiger partial charge >= 0.3 is 6.61 Å². The molecule has 0 saturated carbocycles. The van der Waals surface area contributed by atoms with Crippen molar-refractivity contribution < 1.29 is 31.8 Å². The van der Waals surface area contributed by atoms with Crippen molar-refractivity contribution in [3.8, 4) is 16.9 Å². The van der Waals surface area contributed by atoms with Gasteiger partial charge in [-0.2, -0.15) is 8.78 Å². The number of ether oxygens (including phenoxy) is 3. The van der Waals surface area contributed by atoms with Crippen molar-refractivity contribution in [3.63, 3.8) is 0 Å². The van der Waals surface area contributed by atoms with Crippen LogP contribution in [0, 0.1) is 17.6 Å². The standard InChI is InChI=1S/C23H26F4O3/c1-2-3-4-16-13-28-21(29-14-16)10-7-15-5-8-17(9-6-15)18-11-19(24)22(20(25)12-18)30-23(26)27/h5-6,8-9,11-12,16,21,23H,2-4,7,10,13-14H2,1H3. The molecule has 1 fully saturated rings. The van der Waals surface area contributed by atoms with Crippen molar-refractivity contribution in [1.82, 2.24) is 0 Å².